The molecule has 4 N–H and O–H groups in total. The van der Waals surface area contributed by atoms with Crippen LogP contribution in [0.2, 0.25) is 5.02 Å². The molecule has 0 spiro atoms. The Balaban J connectivity index is 1.08. The summed E-state index contributed by atoms with van der Waals surface area (Å²) in [6.45, 7) is 3.54. The van der Waals surface area contributed by atoms with E-state index in [0.29, 0.717) is 49.8 Å². The van der Waals surface area contributed by atoms with Gasteiger partial charge >= 0.3 is 6.18 Å². The number of nitrogens with one attached hydrogen (secondary N) is 4. The molecule has 262 valence electrons. The molecule has 0 unspecified atom stereocenters. The molecule has 5 heterocycles. The highest BCUT2D eigenvalue weighted by atomic mass is 35.5. The number of pyridine rings is 1. The number of amides is 3. The largest absolute Gasteiger partial charge is 0.433 e. The lowest BCUT2D eigenvalue weighted by Gasteiger charge is -2.36. The van der Waals surface area contributed by atoms with Gasteiger partial charge in [-0.15, -0.1) is 0 Å². The number of aromatic amines is 2. The van der Waals surface area contributed by atoms with Gasteiger partial charge in [-0.2, -0.15) is 18.3 Å². The fourth-order valence-corrected chi connectivity index (χ4v) is 6.22. The number of hydrogen-bond donors (Lipinski definition) is 4. The number of H-pyrrole nitrogens is 2. The number of nitrogens with zero attached hydrogens (tertiary/aromatic N) is 6. The zero-order valence-corrected chi connectivity index (χ0v) is 27.0. The van der Waals surface area contributed by atoms with Crippen molar-refractivity contribution in [1.29, 1.82) is 0 Å². The Hall–Kier alpha value is -5.36. The van der Waals surface area contributed by atoms with Gasteiger partial charge in [-0.25, -0.2) is 9.97 Å². The van der Waals surface area contributed by atoms with Gasteiger partial charge < -0.3 is 25.4 Å². The lowest BCUT2D eigenvalue weighted by Crippen LogP contribution is -2.50. The zero-order chi connectivity index (χ0) is 35.6. The number of piperidine rings is 1. The first-order valence-electron chi connectivity index (χ1n) is 15.5. The molecule has 50 heavy (non-hydrogen) atoms. The molecule has 0 bridgehead atoms. The summed E-state index contributed by atoms with van der Waals surface area (Å²) in [5.74, 6) is -0.835. The number of alkyl halides is 3. The SMILES string of the molecule is O=C(NCc1ccc(C(=O)N2CCC(CN3CCNCC3=O)CC2)c(Cl)c1)c1ncc(-c2c(-c3ccc([N+](=O)[O-])cn3)n[nH]c2C(F)(F)F)[nH]1. The van der Waals surface area contributed by atoms with Gasteiger partial charge in [0.15, 0.2) is 5.82 Å². The average molecular weight is 715 g/mol. The van der Waals surface area contributed by atoms with Crippen LogP contribution in [-0.2, 0) is 17.5 Å². The first kappa shape index (κ1) is 34.5. The fraction of sp³-hybridized carbons (Fsp3) is 0.355. The van der Waals surface area contributed by atoms with Gasteiger partial charge in [0.05, 0.1) is 45.2 Å². The molecule has 15 nitrogen and oxygen atoms in total. The maximum Gasteiger partial charge on any atom is 0.433 e. The van der Waals surface area contributed by atoms with Gasteiger partial charge in [0, 0.05) is 45.3 Å². The van der Waals surface area contributed by atoms with Crippen molar-refractivity contribution in [1.82, 2.24) is 45.6 Å². The molecule has 3 amide bonds. The summed E-state index contributed by atoms with van der Waals surface area (Å²) in [5.41, 5.74) is -1.73. The normalized spacial score (nSPS) is 15.7. The van der Waals surface area contributed by atoms with Crippen molar-refractivity contribution in [2.75, 3.05) is 39.3 Å². The summed E-state index contributed by atoms with van der Waals surface area (Å²) < 4.78 is 41.7. The molecule has 2 aliphatic rings. The predicted octanol–water partition coefficient (Wildman–Crippen LogP) is 3.66. The topological polar surface area (TPSA) is 195 Å². The van der Waals surface area contributed by atoms with Gasteiger partial charge in [0.25, 0.3) is 17.5 Å². The summed E-state index contributed by atoms with van der Waals surface area (Å²) in [4.78, 5) is 62.6. The molecule has 6 rings (SSSR count). The highest BCUT2D eigenvalue weighted by Gasteiger charge is 2.39. The second kappa shape index (κ2) is 14.2. The minimum absolute atomic E-state index is 0.0311. The van der Waals surface area contributed by atoms with Crippen LogP contribution in [0.4, 0.5) is 18.9 Å². The van der Waals surface area contributed by atoms with E-state index in [1.165, 1.54) is 0 Å². The van der Waals surface area contributed by atoms with Crippen LogP contribution in [0.15, 0.2) is 42.7 Å². The summed E-state index contributed by atoms with van der Waals surface area (Å²) >= 11 is 6.48. The third-order valence-corrected chi connectivity index (χ3v) is 8.91. The van der Waals surface area contributed by atoms with Crippen molar-refractivity contribution in [3.05, 3.63) is 80.5 Å². The summed E-state index contributed by atoms with van der Waals surface area (Å²) in [5, 5.41) is 22.5. The number of piperazine rings is 1. The summed E-state index contributed by atoms with van der Waals surface area (Å²) in [7, 11) is 0. The van der Waals surface area contributed by atoms with E-state index in [1.807, 2.05) is 10.00 Å². The molecule has 2 aliphatic heterocycles. The molecule has 2 saturated heterocycles. The quantitative estimate of drug-likeness (QED) is 0.148. The van der Waals surface area contributed by atoms with Gasteiger partial charge in [-0.1, -0.05) is 17.7 Å². The number of carbonyl (C=O) groups excluding carboxylic acids is 3. The standard InChI is InChI=1S/C31H30ClF3N10O5/c32-21-11-18(1-3-20(21)30(48)43-8-5-17(6-9-43)16-44-10-7-36-15-24(44)46)12-39-29(47)28-38-14-23(40-28)25-26(41-42-27(25)31(33,34)35)22-4-2-19(13-37-22)45(49)50/h1-4,11,13-14,17,36H,5-10,12,15-16H2,(H,38,40)(H,39,47)(H,41,42). The fourth-order valence-electron chi connectivity index (χ4n) is 5.94. The predicted molar refractivity (Wildman–Crippen MR) is 172 cm³/mol. The average Bonchev–Trinajstić information content (AvgIpc) is 3.77. The van der Waals surface area contributed by atoms with Gasteiger partial charge in [0.1, 0.15) is 17.6 Å². The van der Waals surface area contributed by atoms with Crippen LogP contribution in [0.25, 0.3) is 22.6 Å². The Morgan fingerprint density at radius 3 is 2.54 bits per heavy atom. The Morgan fingerprint density at radius 2 is 1.88 bits per heavy atom. The number of carbonyl (C=O) groups is 3. The van der Waals surface area contributed by atoms with Crippen LogP contribution in [0.5, 0.6) is 0 Å². The van der Waals surface area contributed by atoms with Crippen LogP contribution in [0.3, 0.4) is 0 Å². The van der Waals surface area contributed by atoms with Crippen LogP contribution >= 0.6 is 11.6 Å². The number of hydrogen-bond acceptors (Lipinski definition) is 9. The third kappa shape index (κ3) is 7.45. The van der Waals surface area contributed by atoms with E-state index >= 15 is 0 Å². The number of benzene rings is 1. The molecule has 19 heteroatoms. The molecule has 2 fully saturated rings. The van der Waals surface area contributed by atoms with E-state index < -0.39 is 28.3 Å². The Labute approximate surface area is 286 Å². The second-order valence-electron chi connectivity index (χ2n) is 11.9. The van der Waals surface area contributed by atoms with Crippen molar-refractivity contribution in [3.8, 4) is 22.6 Å². The maximum absolute atomic E-state index is 13.9. The number of nitro groups is 1. The van der Waals surface area contributed by atoms with Crippen molar-refractivity contribution < 1.29 is 32.5 Å². The highest BCUT2D eigenvalue weighted by molar-refractivity contribution is 6.33. The molecule has 1 aromatic carbocycles. The number of likely N-dealkylation sites (tertiary alicyclic amines) is 1. The summed E-state index contributed by atoms with van der Waals surface area (Å²) in [6.07, 6.45) is -1.40. The zero-order valence-electron chi connectivity index (χ0n) is 26.2. The monoisotopic (exact) mass is 714 g/mol. The van der Waals surface area contributed by atoms with E-state index in [0.717, 1.165) is 43.9 Å². The van der Waals surface area contributed by atoms with E-state index in [-0.39, 0.29) is 52.0 Å². The molecule has 0 saturated carbocycles. The van der Waals surface area contributed by atoms with E-state index in [4.69, 9.17) is 11.6 Å². The molecule has 0 atom stereocenters. The number of rotatable bonds is 9. The molecule has 0 aliphatic carbocycles. The summed E-state index contributed by atoms with van der Waals surface area (Å²) in [6, 6.07) is 7.01. The number of aromatic nitrogens is 5. The first-order chi connectivity index (χ1) is 23.9. The second-order valence-corrected chi connectivity index (χ2v) is 12.3. The maximum atomic E-state index is 13.9. The molecule has 0 radical (unpaired) electrons. The third-order valence-electron chi connectivity index (χ3n) is 8.60. The van der Waals surface area contributed by atoms with Crippen LogP contribution in [0, 0.1) is 16.0 Å². The van der Waals surface area contributed by atoms with Crippen molar-refractivity contribution in [2.24, 2.45) is 5.92 Å². The van der Waals surface area contributed by atoms with E-state index in [1.54, 1.807) is 23.1 Å². The van der Waals surface area contributed by atoms with Crippen LogP contribution in [-0.4, -0.2) is 96.9 Å². The lowest BCUT2D eigenvalue weighted by molar-refractivity contribution is -0.385. The Kier molecular flexibility index (Phi) is 9.83. The number of imidazole rings is 1. The van der Waals surface area contributed by atoms with Gasteiger partial charge in [0.2, 0.25) is 5.91 Å². The Morgan fingerprint density at radius 1 is 1.10 bits per heavy atom. The smallest absolute Gasteiger partial charge is 0.345 e. The number of halogens is 4. The van der Waals surface area contributed by atoms with Crippen LogP contribution < -0.4 is 10.6 Å². The van der Waals surface area contributed by atoms with Crippen LogP contribution in [0.1, 0.15) is 45.1 Å². The highest BCUT2D eigenvalue weighted by Crippen LogP contribution is 2.40. The van der Waals surface area contributed by atoms with Gasteiger partial charge in [-0.05, 0) is 42.5 Å². The van der Waals surface area contributed by atoms with Crippen molar-refractivity contribution in [2.45, 2.75) is 25.6 Å². The van der Waals surface area contributed by atoms with Gasteiger partial charge in [-0.3, -0.25) is 29.6 Å². The molecular weight excluding hydrogens is 685 g/mol. The van der Waals surface area contributed by atoms with E-state index in [9.17, 15) is 37.7 Å². The first-order valence-corrected chi connectivity index (χ1v) is 15.9. The molecular formula is C31H30ClF3N10O5. The minimum atomic E-state index is -4.87. The lowest BCUT2D eigenvalue weighted by atomic mass is 9.95. The molecule has 4 aromatic rings. The van der Waals surface area contributed by atoms with Crippen molar-refractivity contribution in [3.63, 3.8) is 0 Å². The van der Waals surface area contributed by atoms with Crippen molar-refractivity contribution >= 4 is 35.0 Å². The molecule has 3 aromatic heterocycles. The van der Waals surface area contributed by atoms with E-state index in [2.05, 4.69) is 30.7 Å². The Bertz CT molecular complexity index is 1920. The minimum Gasteiger partial charge on any atom is -0.345 e.